The summed E-state index contributed by atoms with van der Waals surface area (Å²) in [6.45, 7) is 4.41. The summed E-state index contributed by atoms with van der Waals surface area (Å²) in [5.41, 5.74) is 0. The maximum absolute atomic E-state index is 11.1. The first-order chi connectivity index (χ1) is 5.56. The van der Waals surface area contributed by atoms with E-state index in [0.29, 0.717) is 0 Å². The second-order valence-corrected chi connectivity index (χ2v) is 3.79. The Morgan fingerprint density at radius 1 is 1.17 bits per heavy atom. The molecule has 0 amide bonds. The second-order valence-electron chi connectivity index (χ2n) is 3.79. The van der Waals surface area contributed by atoms with Gasteiger partial charge in [0.2, 0.25) is 0 Å². The zero-order valence-corrected chi connectivity index (χ0v) is 8.38. The molecule has 0 rings (SSSR count). The number of rotatable bonds is 7. The van der Waals surface area contributed by atoms with Crippen LogP contribution in [0.25, 0.3) is 0 Å². The minimum absolute atomic E-state index is 0.151. The van der Waals surface area contributed by atoms with Gasteiger partial charge >= 0.3 is 0 Å². The van der Waals surface area contributed by atoms with Crippen LogP contribution >= 0.6 is 0 Å². The number of hydrogen-bond donors (Lipinski definition) is 0. The molecular weight excluding hydrogens is 150 g/mol. The van der Waals surface area contributed by atoms with Crippen LogP contribution in [0.3, 0.4) is 0 Å². The average molecular weight is 171 g/mol. The van der Waals surface area contributed by atoms with Gasteiger partial charge in [0.1, 0.15) is 0 Å². The van der Waals surface area contributed by atoms with Gasteiger partial charge in [-0.1, -0.05) is 12.5 Å². The third-order valence-electron chi connectivity index (χ3n) is 1.85. The molecule has 0 spiro atoms. The van der Waals surface area contributed by atoms with Crippen molar-refractivity contribution in [3.05, 3.63) is 17.9 Å². The molecule has 0 fully saturated rings. The van der Waals surface area contributed by atoms with Crippen LogP contribution in [0.5, 0.6) is 0 Å². The molecule has 0 aromatic heterocycles. The molecule has 2 heteroatoms. The van der Waals surface area contributed by atoms with E-state index in [1.165, 1.54) is 19.3 Å². The molecule has 0 saturated carbocycles. The van der Waals surface area contributed by atoms with Crippen molar-refractivity contribution in [3.63, 3.8) is 0 Å². The van der Waals surface area contributed by atoms with Crippen LogP contribution < -0.4 is 0 Å². The summed E-state index contributed by atoms with van der Waals surface area (Å²) in [5, 5.41) is 11.1. The Morgan fingerprint density at radius 3 is 2.25 bits per heavy atom. The van der Waals surface area contributed by atoms with E-state index in [1.807, 2.05) is 6.08 Å². The molecule has 2 nitrogen and oxygen atoms in total. The lowest BCUT2D eigenvalue weighted by Crippen LogP contribution is -2.32. The van der Waals surface area contributed by atoms with Crippen molar-refractivity contribution < 1.29 is 4.65 Å². The van der Waals surface area contributed by atoms with Gasteiger partial charge in [-0.25, -0.2) is 0 Å². The molecule has 12 heavy (non-hydrogen) atoms. The van der Waals surface area contributed by atoms with E-state index in [1.54, 1.807) is 14.1 Å². The van der Waals surface area contributed by atoms with Crippen molar-refractivity contribution in [3.8, 4) is 0 Å². The Kier molecular flexibility index (Phi) is 6.03. The molecule has 0 N–H and O–H groups in total. The Hall–Kier alpha value is -0.340. The third kappa shape index (κ3) is 9.66. The standard InChI is InChI=1S/C10H21NO/c1-4-5-6-7-8-9-10-11(2,3)12/h4H,1,5-10H2,2-3H3. The van der Waals surface area contributed by atoms with Gasteiger partial charge in [0.15, 0.2) is 0 Å². The highest BCUT2D eigenvalue weighted by Gasteiger charge is 1.99. The van der Waals surface area contributed by atoms with Gasteiger partial charge in [-0.15, -0.1) is 6.58 Å². The van der Waals surface area contributed by atoms with E-state index in [-0.39, 0.29) is 4.65 Å². The first kappa shape index (κ1) is 11.7. The number of nitrogens with zero attached hydrogens (tertiary/aromatic N) is 1. The van der Waals surface area contributed by atoms with Crippen LogP contribution in [-0.2, 0) is 0 Å². The summed E-state index contributed by atoms with van der Waals surface area (Å²) in [6, 6.07) is 0. The van der Waals surface area contributed by atoms with Crippen molar-refractivity contribution in [1.82, 2.24) is 0 Å². The number of hydroxylamine groups is 3. The van der Waals surface area contributed by atoms with E-state index in [9.17, 15) is 5.21 Å². The van der Waals surface area contributed by atoms with Crippen LogP contribution in [0.4, 0.5) is 0 Å². The summed E-state index contributed by atoms with van der Waals surface area (Å²) < 4.78 is -0.151. The molecule has 0 radical (unpaired) electrons. The van der Waals surface area contributed by atoms with Crippen molar-refractivity contribution in [2.75, 3.05) is 20.6 Å². The van der Waals surface area contributed by atoms with Gasteiger partial charge < -0.3 is 9.85 Å². The first-order valence-corrected chi connectivity index (χ1v) is 4.71. The molecule has 0 unspecified atom stereocenters. The van der Waals surface area contributed by atoms with Gasteiger partial charge in [0.05, 0.1) is 20.6 Å². The number of unbranched alkanes of at least 4 members (excludes halogenated alkanes) is 4. The molecule has 0 atom stereocenters. The molecule has 0 aliphatic heterocycles. The lowest BCUT2D eigenvalue weighted by atomic mass is 10.1. The third-order valence-corrected chi connectivity index (χ3v) is 1.85. The second kappa shape index (κ2) is 6.21. The molecule has 0 aromatic rings. The Balaban J connectivity index is 3.06. The van der Waals surface area contributed by atoms with Crippen molar-refractivity contribution >= 4 is 0 Å². The number of allylic oxidation sites excluding steroid dienone is 1. The lowest BCUT2D eigenvalue weighted by Gasteiger charge is -2.33. The summed E-state index contributed by atoms with van der Waals surface area (Å²) >= 11 is 0. The molecule has 0 heterocycles. The predicted octanol–water partition coefficient (Wildman–Crippen LogP) is 2.70. The minimum Gasteiger partial charge on any atom is -0.633 e. The van der Waals surface area contributed by atoms with E-state index >= 15 is 0 Å². The summed E-state index contributed by atoms with van der Waals surface area (Å²) in [7, 11) is 3.40. The monoisotopic (exact) mass is 171 g/mol. The van der Waals surface area contributed by atoms with Crippen molar-refractivity contribution in [2.45, 2.75) is 32.1 Å². The molecule has 0 bridgehead atoms. The number of hydrogen-bond acceptors (Lipinski definition) is 1. The Morgan fingerprint density at radius 2 is 1.75 bits per heavy atom. The Bertz CT molecular complexity index is 115. The highest BCUT2D eigenvalue weighted by molar-refractivity contribution is 4.65. The van der Waals surface area contributed by atoms with Crippen molar-refractivity contribution in [2.24, 2.45) is 0 Å². The van der Waals surface area contributed by atoms with E-state index in [0.717, 1.165) is 19.4 Å². The molecule has 0 aliphatic carbocycles. The summed E-state index contributed by atoms with van der Waals surface area (Å²) in [6.07, 6.45) is 7.73. The molecular formula is C10H21NO. The number of quaternary nitrogens is 1. The zero-order chi connectivity index (χ0) is 9.45. The fourth-order valence-corrected chi connectivity index (χ4v) is 1.13. The van der Waals surface area contributed by atoms with Crippen LogP contribution in [0.1, 0.15) is 32.1 Å². The maximum atomic E-state index is 11.1. The first-order valence-electron chi connectivity index (χ1n) is 4.71. The van der Waals surface area contributed by atoms with E-state index in [2.05, 4.69) is 6.58 Å². The highest BCUT2D eigenvalue weighted by Crippen LogP contribution is 2.05. The van der Waals surface area contributed by atoms with Gasteiger partial charge in [0.25, 0.3) is 0 Å². The Labute approximate surface area is 76.1 Å². The fourth-order valence-electron chi connectivity index (χ4n) is 1.13. The predicted molar refractivity (Wildman–Crippen MR) is 53.6 cm³/mol. The van der Waals surface area contributed by atoms with Crippen LogP contribution in [0.15, 0.2) is 12.7 Å². The SMILES string of the molecule is C=CCCCCCC[N+](C)(C)[O-]. The van der Waals surface area contributed by atoms with E-state index in [4.69, 9.17) is 0 Å². The average Bonchev–Trinajstić information content (AvgIpc) is 1.94. The largest absolute Gasteiger partial charge is 0.633 e. The summed E-state index contributed by atoms with van der Waals surface area (Å²) in [4.78, 5) is 0. The van der Waals surface area contributed by atoms with E-state index < -0.39 is 0 Å². The fraction of sp³-hybridized carbons (Fsp3) is 0.800. The molecule has 72 valence electrons. The molecule has 0 saturated heterocycles. The normalized spacial score (nSPS) is 11.6. The quantitative estimate of drug-likeness (QED) is 0.250. The van der Waals surface area contributed by atoms with Gasteiger partial charge in [0, 0.05) is 0 Å². The topological polar surface area (TPSA) is 23.1 Å². The van der Waals surface area contributed by atoms with Crippen LogP contribution in [0.2, 0.25) is 0 Å². The van der Waals surface area contributed by atoms with Crippen LogP contribution in [0, 0.1) is 5.21 Å². The van der Waals surface area contributed by atoms with Gasteiger partial charge in [-0.2, -0.15) is 0 Å². The molecule has 0 aromatic carbocycles. The highest BCUT2D eigenvalue weighted by atomic mass is 16.5. The van der Waals surface area contributed by atoms with Crippen molar-refractivity contribution in [1.29, 1.82) is 0 Å². The van der Waals surface area contributed by atoms with Gasteiger partial charge in [-0.05, 0) is 25.7 Å². The minimum atomic E-state index is -0.151. The zero-order valence-electron chi connectivity index (χ0n) is 8.38. The summed E-state index contributed by atoms with van der Waals surface area (Å²) in [5.74, 6) is 0. The van der Waals surface area contributed by atoms with Crippen LogP contribution in [-0.4, -0.2) is 25.3 Å². The lowest BCUT2D eigenvalue weighted by molar-refractivity contribution is -0.840. The maximum Gasteiger partial charge on any atom is 0.0779 e. The van der Waals surface area contributed by atoms with Gasteiger partial charge in [-0.3, -0.25) is 0 Å². The smallest absolute Gasteiger partial charge is 0.0779 e. The molecule has 0 aliphatic rings.